The molecule has 0 atom stereocenters. The maximum atomic E-state index is 12.9. The Kier molecular flexibility index (Phi) is 6.24. The number of nitrogens with zero attached hydrogens (tertiary/aromatic N) is 5. The number of aromatic nitrogens is 5. The molecule has 4 aromatic rings. The van der Waals surface area contributed by atoms with Crippen LogP contribution in [0, 0.1) is 0 Å². The van der Waals surface area contributed by atoms with E-state index in [0.29, 0.717) is 28.9 Å². The number of carbonyl (C=O) groups is 1. The third kappa shape index (κ3) is 4.78. The monoisotopic (exact) mass is 459 g/mol. The van der Waals surface area contributed by atoms with Gasteiger partial charge in [-0.2, -0.15) is 5.10 Å². The molecular formula is C24H29N9O. The third-order valence-electron chi connectivity index (χ3n) is 6.23. The SMILES string of the molecule is CC(C)N1CCN(Cc2ccc(NC(=O)c3[nH]ncc3Nc3ncnc4[nH]ccc34)cc2)CC1. The van der Waals surface area contributed by atoms with Crippen LogP contribution in [0.5, 0.6) is 0 Å². The molecule has 5 rings (SSSR count). The number of anilines is 3. The highest BCUT2D eigenvalue weighted by atomic mass is 16.2. The van der Waals surface area contributed by atoms with Crippen LogP contribution in [0.1, 0.15) is 29.9 Å². The van der Waals surface area contributed by atoms with E-state index in [4.69, 9.17) is 0 Å². The first kappa shape index (κ1) is 22.1. The first-order chi connectivity index (χ1) is 16.6. The van der Waals surface area contributed by atoms with Crippen LogP contribution < -0.4 is 10.6 Å². The Bertz CT molecular complexity index is 1250. The van der Waals surface area contributed by atoms with Gasteiger partial charge in [0, 0.05) is 50.6 Å². The van der Waals surface area contributed by atoms with Gasteiger partial charge in [-0.3, -0.25) is 19.7 Å². The van der Waals surface area contributed by atoms with E-state index in [1.54, 1.807) is 12.4 Å². The van der Waals surface area contributed by atoms with Crippen molar-refractivity contribution in [1.29, 1.82) is 0 Å². The van der Waals surface area contributed by atoms with Gasteiger partial charge in [-0.15, -0.1) is 0 Å². The van der Waals surface area contributed by atoms with E-state index in [1.807, 2.05) is 18.2 Å². The smallest absolute Gasteiger partial charge is 0.275 e. The largest absolute Gasteiger partial charge is 0.346 e. The summed E-state index contributed by atoms with van der Waals surface area (Å²) < 4.78 is 0. The van der Waals surface area contributed by atoms with Gasteiger partial charge < -0.3 is 15.6 Å². The van der Waals surface area contributed by atoms with Gasteiger partial charge in [0.05, 0.1) is 17.3 Å². The molecule has 176 valence electrons. The number of hydrogen-bond donors (Lipinski definition) is 4. The van der Waals surface area contributed by atoms with Crippen molar-refractivity contribution in [2.45, 2.75) is 26.4 Å². The summed E-state index contributed by atoms with van der Waals surface area (Å²) in [5.41, 5.74) is 3.55. The summed E-state index contributed by atoms with van der Waals surface area (Å²) in [6, 6.07) is 10.5. The molecule has 0 aliphatic carbocycles. The molecule has 0 saturated carbocycles. The number of hydrogen-bond acceptors (Lipinski definition) is 7. The van der Waals surface area contributed by atoms with Crippen LogP contribution in [-0.4, -0.2) is 73.1 Å². The molecular weight excluding hydrogens is 430 g/mol. The van der Waals surface area contributed by atoms with E-state index >= 15 is 0 Å². The van der Waals surface area contributed by atoms with Crippen molar-refractivity contribution < 1.29 is 4.79 Å². The summed E-state index contributed by atoms with van der Waals surface area (Å²) >= 11 is 0. The van der Waals surface area contributed by atoms with E-state index in [2.05, 4.69) is 71.6 Å². The Balaban J connectivity index is 1.20. The van der Waals surface area contributed by atoms with Crippen LogP contribution in [0.2, 0.25) is 0 Å². The zero-order chi connectivity index (χ0) is 23.5. The van der Waals surface area contributed by atoms with E-state index in [9.17, 15) is 4.79 Å². The second-order valence-electron chi connectivity index (χ2n) is 8.80. The van der Waals surface area contributed by atoms with Gasteiger partial charge >= 0.3 is 0 Å². The molecule has 1 saturated heterocycles. The predicted molar refractivity (Wildman–Crippen MR) is 132 cm³/mol. The molecule has 0 unspecified atom stereocenters. The van der Waals surface area contributed by atoms with Crippen LogP contribution in [0.4, 0.5) is 17.2 Å². The minimum atomic E-state index is -0.281. The quantitative estimate of drug-likeness (QED) is 0.335. The molecule has 0 radical (unpaired) electrons. The lowest BCUT2D eigenvalue weighted by molar-refractivity contribution is 0.102. The molecule has 0 spiro atoms. The lowest BCUT2D eigenvalue weighted by atomic mass is 10.1. The number of amides is 1. The van der Waals surface area contributed by atoms with Crippen LogP contribution in [0.3, 0.4) is 0 Å². The van der Waals surface area contributed by atoms with Gasteiger partial charge in [0.25, 0.3) is 5.91 Å². The van der Waals surface area contributed by atoms with E-state index in [-0.39, 0.29) is 5.91 Å². The molecule has 0 bridgehead atoms. The van der Waals surface area contributed by atoms with Crippen LogP contribution in [0.25, 0.3) is 11.0 Å². The molecule has 34 heavy (non-hydrogen) atoms. The summed E-state index contributed by atoms with van der Waals surface area (Å²) in [4.78, 5) is 29.4. The molecule has 1 aromatic carbocycles. The fourth-order valence-corrected chi connectivity index (χ4v) is 4.24. The minimum Gasteiger partial charge on any atom is -0.346 e. The number of benzene rings is 1. The van der Waals surface area contributed by atoms with Gasteiger partial charge in [0.2, 0.25) is 0 Å². The number of nitrogens with one attached hydrogen (secondary N) is 4. The molecule has 4 heterocycles. The fraction of sp³-hybridized carbons (Fsp3) is 0.333. The highest BCUT2D eigenvalue weighted by Crippen LogP contribution is 2.24. The predicted octanol–water partition coefficient (Wildman–Crippen LogP) is 3.20. The average molecular weight is 460 g/mol. The number of aromatic amines is 2. The maximum Gasteiger partial charge on any atom is 0.275 e. The van der Waals surface area contributed by atoms with E-state index in [1.165, 1.54) is 11.9 Å². The molecule has 1 fully saturated rings. The first-order valence-electron chi connectivity index (χ1n) is 11.5. The second-order valence-corrected chi connectivity index (χ2v) is 8.80. The zero-order valence-corrected chi connectivity index (χ0v) is 19.4. The van der Waals surface area contributed by atoms with Gasteiger partial charge in [0.1, 0.15) is 23.5 Å². The number of piperazine rings is 1. The maximum absolute atomic E-state index is 12.9. The molecule has 1 aliphatic rings. The molecule has 1 aliphatic heterocycles. The fourth-order valence-electron chi connectivity index (χ4n) is 4.24. The zero-order valence-electron chi connectivity index (χ0n) is 19.4. The van der Waals surface area contributed by atoms with Gasteiger partial charge in [0.15, 0.2) is 0 Å². The number of rotatable bonds is 7. The van der Waals surface area contributed by atoms with Crippen molar-refractivity contribution in [3.05, 3.63) is 60.3 Å². The summed E-state index contributed by atoms with van der Waals surface area (Å²) in [5, 5.41) is 13.8. The highest BCUT2D eigenvalue weighted by molar-refractivity contribution is 6.07. The average Bonchev–Trinajstić information content (AvgIpc) is 3.51. The minimum absolute atomic E-state index is 0.281. The normalized spacial score (nSPS) is 15.1. The lowest BCUT2D eigenvalue weighted by Gasteiger charge is -2.36. The topological polar surface area (TPSA) is 118 Å². The number of H-pyrrole nitrogens is 2. The van der Waals surface area contributed by atoms with Crippen molar-refractivity contribution in [2.24, 2.45) is 0 Å². The van der Waals surface area contributed by atoms with Crippen molar-refractivity contribution in [1.82, 2.24) is 34.9 Å². The molecule has 10 heteroatoms. The Labute approximate surface area is 197 Å². The van der Waals surface area contributed by atoms with E-state index < -0.39 is 0 Å². The van der Waals surface area contributed by atoms with Gasteiger partial charge in [-0.25, -0.2) is 9.97 Å². The Hall–Kier alpha value is -3.76. The van der Waals surface area contributed by atoms with Crippen molar-refractivity contribution in [2.75, 3.05) is 36.8 Å². The van der Waals surface area contributed by atoms with Gasteiger partial charge in [-0.1, -0.05) is 12.1 Å². The Morgan fingerprint density at radius 2 is 1.88 bits per heavy atom. The van der Waals surface area contributed by atoms with Crippen molar-refractivity contribution in [3.8, 4) is 0 Å². The Morgan fingerprint density at radius 1 is 1.09 bits per heavy atom. The lowest BCUT2D eigenvalue weighted by Crippen LogP contribution is -2.48. The molecule has 1 amide bonds. The van der Waals surface area contributed by atoms with Crippen LogP contribution in [-0.2, 0) is 6.54 Å². The van der Waals surface area contributed by atoms with Crippen molar-refractivity contribution >= 4 is 34.1 Å². The summed E-state index contributed by atoms with van der Waals surface area (Å²) in [6.45, 7) is 9.79. The number of fused-ring (bicyclic) bond motifs is 1. The summed E-state index contributed by atoms with van der Waals surface area (Å²) in [5.74, 6) is 0.317. The van der Waals surface area contributed by atoms with Crippen LogP contribution in [0.15, 0.2) is 49.1 Å². The first-order valence-corrected chi connectivity index (χ1v) is 11.5. The molecule has 10 nitrogen and oxygen atoms in total. The van der Waals surface area contributed by atoms with Crippen LogP contribution >= 0.6 is 0 Å². The molecule has 3 aromatic heterocycles. The summed E-state index contributed by atoms with van der Waals surface area (Å²) in [6.07, 6.45) is 4.83. The summed E-state index contributed by atoms with van der Waals surface area (Å²) in [7, 11) is 0. The highest BCUT2D eigenvalue weighted by Gasteiger charge is 2.19. The second kappa shape index (κ2) is 9.62. The van der Waals surface area contributed by atoms with Gasteiger partial charge in [-0.05, 0) is 37.6 Å². The standard InChI is InChI=1S/C24H29N9O/c1-16(2)33-11-9-32(10-12-33)14-17-3-5-18(6-4-17)29-24(34)21-20(13-28-31-21)30-23-19-7-8-25-22(19)26-15-27-23/h3-8,13,15-16H,9-12,14H2,1-2H3,(H,28,31)(H,29,34)(H2,25,26,27,30). The molecule has 4 N–H and O–H groups in total. The Morgan fingerprint density at radius 3 is 2.65 bits per heavy atom. The van der Waals surface area contributed by atoms with E-state index in [0.717, 1.165) is 43.8 Å². The van der Waals surface area contributed by atoms with Crippen molar-refractivity contribution in [3.63, 3.8) is 0 Å². The number of carbonyl (C=O) groups excluding carboxylic acids is 1. The third-order valence-corrected chi connectivity index (χ3v) is 6.23.